The Morgan fingerprint density at radius 2 is 1.56 bits per heavy atom. The number of unbranched alkanes of at least 4 members (excludes halogenated alkanes) is 6. The van der Waals surface area contributed by atoms with E-state index in [1.54, 1.807) is 0 Å². The Bertz CT molecular complexity index is 196. The predicted octanol–water partition coefficient (Wildman–Crippen LogP) is 5.37. The lowest BCUT2D eigenvalue weighted by atomic mass is 9.94. The molecule has 0 amide bonds. The van der Waals surface area contributed by atoms with Crippen molar-refractivity contribution in [3.8, 4) is 0 Å². The summed E-state index contributed by atoms with van der Waals surface area (Å²) in [4.78, 5) is 3.34. The van der Waals surface area contributed by atoms with Crippen molar-refractivity contribution in [2.45, 2.75) is 88.4 Å². The summed E-state index contributed by atoms with van der Waals surface area (Å²) >= 11 is 3.86. The molecular formula is C16H32BrN. The minimum absolute atomic E-state index is 0.737. The largest absolute Gasteiger partial charge is 0.302 e. The summed E-state index contributed by atoms with van der Waals surface area (Å²) in [5.74, 6) is 0. The van der Waals surface area contributed by atoms with Crippen molar-refractivity contribution < 1.29 is 0 Å². The van der Waals surface area contributed by atoms with Gasteiger partial charge in [0.15, 0.2) is 0 Å². The SMILES string of the molecule is CCCCCCCCCN(C)C1CCCCC1Br. The Balaban J connectivity index is 2.00. The fourth-order valence-corrected chi connectivity index (χ4v) is 4.04. The van der Waals surface area contributed by atoms with Crippen molar-refractivity contribution in [1.29, 1.82) is 0 Å². The van der Waals surface area contributed by atoms with Crippen LogP contribution in [0.5, 0.6) is 0 Å². The highest BCUT2D eigenvalue weighted by Crippen LogP contribution is 2.28. The van der Waals surface area contributed by atoms with Gasteiger partial charge in [0.2, 0.25) is 0 Å². The average molecular weight is 318 g/mol. The van der Waals surface area contributed by atoms with Crippen molar-refractivity contribution in [3.05, 3.63) is 0 Å². The normalized spacial score (nSPS) is 24.7. The first-order chi connectivity index (χ1) is 8.75. The van der Waals surface area contributed by atoms with E-state index < -0.39 is 0 Å². The molecule has 0 saturated heterocycles. The van der Waals surface area contributed by atoms with E-state index in [1.807, 2.05) is 0 Å². The van der Waals surface area contributed by atoms with Crippen LogP contribution in [0.3, 0.4) is 0 Å². The Morgan fingerprint density at radius 1 is 0.944 bits per heavy atom. The topological polar surface area (TPSA) is 3.24 Å². The van der Waals surface area contributed by atoms with E-state index in [0.717, 1.165) is 10.9 Å². The van der Waals surface area contributed by atoms with Crippen molar-refractivity contribution >= 4 is 15.9 Å². The second-order valence-corrected chi connectivity index (χ2v) is 7.15. The van der Waals surface area contributed by atoms with E-state index in [0.29, 0.717) is 0 Å². The Kier molecular flexibility index (Phi) is 9.40. The van der Waals surface area contributed by atoms with Gasteiger partial charge in [-0.1, -0.05) is 74.2 Å². The van der Waals surface area contributed by atoms with Crippen LogP contribution in [0.4, 0.5) is 0 Å². The molecule has 0 aromatic rings. The quantitative estimate of drug-likeness (QED) is 0.408. The lowest BCUT2D eigenvalue weighted by Gasteiger charge is -2.35. The van der Waals surface area contributed by atoms with Gasteiger partial charge in [-0.15, -0.1) is 0 Å². The fourth-order valence-electron chi connectivity index (χ4n) is 3.05. The van der Waals surface area contributed by atoms with Gasteiger partial charge in [0.05, 0.1) is 0 Å². The number of nitrogens with zero attached hydrogens (tertiary/aromatic N) is 1. The third kappa shape index (κ3) is 6.56. The van der Waals surface area contributed by atoms with Crippen molar-refractivity contribution in [1.82, 2.24) is 4.90 Å². The molecule has 18 heavy (non-hydrogen) atoms. The van der Waals surface area contributed by atoms with Crippen molar-refractivity contribution in [3.63, 3.8) is 0 Å². The molecule has 1 rings (SSSR count). The summed E-state index contributed by atoms with van der Waals surface area (Å²) in [6, 6.07) is 0.791. The highest BCUT2D eigenvalue weighted by Gasteiger charge is 2.25. The summed E-state index contributed by atoms with van der Waals surface area (Å²) in [7, 11) is 2.32. The number of halogens is 1. The zero-order valence-electron chi connectivity index (χ0n) is 12.5. The van der Waals surface area contributed by atoms with Crippen molar-refractivity contribution in [2.75, 3.05) is 13.6 Å². The molecule has 0 radical (unpaired) electrons. The molecule has 1 aliphatic carbocycles. The second kappa shape index (κ2) is 10.3. The summed E-state index contributed by atoms with van der Waals surface area (Å²) < 4.78 is 0. The van der Waals surface area contributed by atoms with Gasteiger partial charge in [0.25, 0.3) is 0 Å². The summed E-state index contributed by atoms with van der Waals surface area (Å²) in [6.07, 6.45) is 15.5. The monoisotopic (exact) mass is 317 g/mol. The maximum atomic E-state index is 3.86. The fraction of sp³-hybridized carbons (Fsp3) is 1.00. The lowest BCUT2D eigenvalue weighted by molar-refractivity contribution is 0.196. The molecule has 0 aromatic heterocycles. The highest BCUT2D eigenvalue weighted by molar-refractivity contribution is 9.09. The number of hydrogen-bond acceptors (Lipinski definition) is 1. The summed E-state index contributed by atoms with van der Waals surface area (Å²) in [5.41, 5.74) is 0. The predicted molar refractivity (Wildman–Crippen MR) is 85.6 cm³/mol. The second-order valence-electron chi connectivity index (χ2n) is 5.97. The Labute approximate surface area is 123 Å². The van der Waals surface area contributed by atoms with E-state index in [4.69, 9.17) is 0 Å². The molecule has 2 atom stereocenters. The molecule has 108 valence electrons. The molecule has 2 unspecified atom stereocenters. The zero-order chi connectivity index (χ0) is 13.2. The van der Waals surface area contributed by atoms with Crippen LogP contribution in [0.1, 0.15) is 77.6 Å². The molecule has 1 fully saturated rings. The number of alkyl halides is 1. The smallest absolute Gasteiger partial charge is 0.0301 e. The maximum Gasteiger partial charge on any atom is 0.0301 e. The Hall–Kier alpha value is 0.440. The van der Waals surface area contributed by atoms with Crippen LogP contribution in [0.15, 0.2) is 0 Å². The first-order valence-corrected chi connectivity index (χ1v) is 9.01. The van der Waals surface area contributed by atoms with E-state index in [1.165, 1.54) is 77.2 Å². The minimum Gasteiger partial charge on any atom is -0.302 e. The molecule has 0 aromatic carbocycles. The van der Waals surface area contributed by atoms with Crippen LogP contribution >= 0.6 is 15.9 Å². The van der Waals surface area contributed by atoms with Gasteiger partial charge in [0, 0.05) is 10.9 Å². The molecule has 1 aliphatic rings. The number of hydrogen-bond donors (Lipinski definition) is 0. The molecule has 2 heteroatoms. The molecule has 1 nitrogen and oxygen atoms in total. The third-order valence-corrected chi connectivity index (χ3v) is 5.40. The van der Waals surface area contributed by atoms with Crippen LogP contribution < -0.4 is 0 Å². The van der Waals surface area contributed by atoms with E-state index in [9.17, 15) is 0 Å². The molecule has 1 saturated carbocycles. The first kappa shape index (κ1) is 16.5. The lowest BCUT2D eigenvalue weighted by Crippen LogP contribution is -2.41. The Morgan fingerprint density at radius 3 is 2.22 bits per heavy atom. The van der Waals surface area contributed by atoms with Crippen LogP contribution in [0.25, 0.3) is 0 Å². The molecule has 0 N–H and O–H groups in total. The average Bonchev–Trinajstić information content (AvgIpc) is 2.38. The zero-order valence-corrected chi connectivity index (χ0v) is 14.1. The first-order valence-electron chi connectivity index (χ1n) is 8.10. The van der Waals surface area contributed by atoms with Gasteiger partial charge in [-0.05, 0) is 32.9 Å². The molecular weight excluding hydrogens is 286 g/mol. The van der Waals surface area contributed by atoms with Gasteiger partial charge >= 0.3 is 0 Å². The van der Waals surface area contributed by atoms with Crippen LogP contribution in [-0.2, 0) is 0 Å². The van der Waals surface area contributed by atoms with E-state index in [2.05, 4.69) is 34.8 Å². The van der Waals surface area contributed by atoms with Crippen molar-refractivity contribution in [2.24, 2.45) is 0 Å². The molecule has 0 heterocycles. The highest BCUT2D eigenvalue weighted by atomic mass is 79.9. The van der Waals surface area contributed by atoms with E-state index in [-0.39, 0.29) is 0 Å². The summed E-state index contributed by atoms with van der Waals surface area (Å²) in [6.45, 7) is 3.58. The molecule has 0 aliphatic heterocycles. The van der Waals surface area contributed by atoms with E-state index >= 15 is 0 Å². The maximum absolute atomic E-state index is 3.86. The van der Waals surface area contributed by atoms with Gasteiger partial charge in [0.1, 0.15) is 0 Å². The number of rotatable bonds is 9. The van der Waals surface area contributed by atoms with Crippen LogP contribution in [0.2, 0.25) is 0 Å². The molecule has 0 spiro atoms. The van der Waals surface area contributed by atoms with Crippen LogP contribution in [0, 0.1) is 0 Å². The minimum atomic E-state index is 0.737. The van der Waals surface area contributed by atoms with Gasteiger partial charge < -0.3 is 4.90 Å². The van der Waals surface area contributed by atoms with Crippen LogP contribution in [-0.4, -0.2) is 29.4 Å². The third-order valence-electron chi connectivity index (χ3n) is 4.33. The van der Waals surface area contributed by atoms with Gasteiger partial charge in [-0.2, -0.15) is 0 Å². The summed E-state index contributed by atoms with van der Waals surface area (Å²) in [5, 5.41) is 0. The molecule has 0 bridgehead atoms. The van der Waals surface area contributed by atoms with Gasteiger partial charge in [-0.25, -0.2) is 0 Å². The van der Waals surface area contributed by atoms with Gasteiger partial charge in [-0.3, -0.25) is 0 Å². The standard InChI is InChI=1S/C16H32BrN/c1-3-4-5-6-7-8-11-14-18(2)16-13-10-9-12-15(16)17/h15-16H,3-14H2,1-2H3.